The molecule has 3 rings (SSSR count). The predicted molar refractivity (Wildman–Crippen MR) is 104 cm³/mol. The average molecular weight is 338 g/mol. The van der Waals surface area contributed by atoms with Crippen LogP contribution in [0.4, 0.5) is 0 Å². The highest BCUT2D eigenvalue weighted by Gasteiger charge is 2.26. The molecule has 1 saturated heterocycles. The normalized spacial score (nSPS) is 21.3. The van der Waals surface area contributed by atoms with Crippen LogP contribution in [-0.2, 0) is 6.54 Å². The van der Waals surface area contributed by atoms with E-state index in [0.29, 0.717) is 12.5 Å². The van der Waals surface area contributed by atoms with Crippen molar-refractivity contribution >= 4 is 0 Å². The van der Waals surface area contributed by atoms with Crippen molar-refractivity contribution in [3.8, 4) is 5.75 Å². The fourth-order valence-electron chi connectivity index (χ4n) is 3.87. The molecule has 0 spiro atoms. The molecular weight excluding hydrogens is 308 g/mol. The number of nitrogens with two attached hydrogens (primary N) is 1. The van der Waals surface area contributed by atoms with Gasteiger partial charge in [0.15, 0.2) is 0 Å². The molecule has 0 amide bonds. The lowest BCUT2D eigenvalue weighted by atomic mass is 9.88. The number of hydrogen-bond acceptors (Lipinski definition) is 3. The molecule has 3 heteroatoms. The van der Waals surface area contributed by atoms with E-state index in [2.05, 4.69) is 61.2 Å². The second-order valence-electron chi connectivity index (χ2n) is 7.32. The number of rotatable bonds is 5. The predicted octanol–water partition coefficient (Wildman–Crippen LogP) is 4.02. The Balaban J connectivity index is 1.70. The van der Waals surface area contributed by atoms with E-state index >= 15 is 0 Å². The Morgan fingerprint density at radius 3 is 2.52 bits per heavy atom. The SMILES string of the molecule is CCOc1ccc(C2CC(N)CN(Cc3ccc(C)cc3C)C2)cc1. The Morgan fingerprint density at radius 2 is 1.84 bits per heavy atom. The molecule has 1 fully saturated rings. The topological polar surface area (TPSA) is 38.5 Å². The Hall–Kier alpha value is -1.84. The van der Waals surface area contributed by atoms with Gasteiger partial charge in [-0.05, 0) is 61.9 Å². The van der Waals surface area contributed by atoms with Crippen molar-refractivity contribution in [1.82, 2.24) is 4.90 Å². The van der Waals surface area contributed by atoms with E-state index < -0.39 is 0 Å². The van der Waals surface area contributed by atoms with Crippen molar-refractivity contribution in [3.05, 3.63) is 64.7 Å². The molecule has 1 heterocycles. The highest BCUT2D eigenvalue weighted by atomic mass is 16.5. The molecule has 0 bridgehead atoms. The van der Waals surface area contributed by atoms with Crippen LogP contribution < -0.4 is 10.5 Å². The van der Waals surface area contributed by atoms with Crippen LogP contribution in [-0.4, -0.2) is 30.6 Å². The van der Waals surface area contributed by atoms with Crippen molar-refractivity contribution < 1.29 is 4.74 Å². The van der Waals surface area contributed by atoms with E-state index in [-0.39, 0.29) is 6.04 Å². The molecule has 2 aromatic rings. The summed E-state index contributed by atoms with van der Waals surface area (Å²) in [6, 6.07) is 15.5. The van der Waals surface area contributed by atoms with Crippen LogP contribution >= 0.6 is 0 Å². The zero-order chi connectivity index (χ0) is 17.8. The smallest absolute Gasteiger partial charge is 0.119 e. The van der Waals surface area contributed by atoms with Crippen molar-refractivity contribution in [2.45, 2.75) is 45.7 Å². The minimum absolute atomic E-state index is 0.232. The highest BCUT2D eigenvalue weighted by molar-refractivity contribution is 5.32. The molecule has 0 saturated carbocycles. The van der Waals surface area contributed by atoms with E-state index in [1.807, 2.05) is 6.92 Å². The van der Waals surface area contributed by atoms with Gasteiger partial charge in [0, 0.05) is 25.7 Å². The molecule has 1 aliphatic rings. The molecule has 1 aliphatic heterocycles. The maximum absolute atomic E-state index is 6.38. The molecule has 25 heavy (non-hydrogen) atoms. The van der Waals surface area contributed by atoms with Gasteiger partial charge < -0.3 is 10.5 Å². The minimum Gasteiger partial charge on any atom is -0.494 e. The summed E-state index contributed by atoms with van der Waals surface area (Å²) in [5.41, 5.74) is 11.8. The largest absolute Gasteiger partial charge is 0.494 e. The van der Waals surface area contributed by atoms with E-state index in [1.54, 1.807) is 0 Å². The van der Waals surface area contributed by atoms with Crippen molar-refractivity contribution in [1.29, 1.82) is 0 Å². The van der Waals surface area contributed by atoms with Crippen LogP contribution in [0, 0.1) is 13.8 Å². The third kappa shape index (κ3) is 4.62. The summed E-state index contributed by atoms with van der Waals surface area (Å²) < 4.78 is 5.56. The molecule has 2 N–H and O–H groups in total. The third-order valence-corrected chi connectivity index (χ3v) is 5.11. The van der Waals surface area contributed by atoms with E-state index in [1.165, 1.54) is 22.3 Å². The molecule has 3 nitrogen and oxygen atoms in total. The van der Waals surface area contributed by atoms with Crippen LogP contribution in [0.15, 0.2) is 42.5 Å². The summed E-state index contributed by atoms with van der Waals surface area (Å²) in [5.74, 6) is 1.43. The maximum Gasteiger partial charge on any atom is 0.119 e. The summed E-state index contributed by atoms with van der Waals surface area (Å²) in [5, 5.41) is 0. The first-order valence-corrected chi connectivity index (χ1v) is 9.32. The lowest BCUT2D eigenvalue weighted by Gasteiger charge is -2.37. The number of hydrogen-bond donors (Lipinski definition) is 1. The Labute approximate surface area is 151 Å². The zero-order valence-corrected chi connectivity index (χ0v) is 15.7. The van der Waals surface area contributed by atoms with E-state index in [9.17, 15) is 0 Å². The Kier molecular flexibility index (Phi) is 5.77. The maximum atomic E-state index is 6.38. The molecular formula is C22H30N2O. The van der Waals surface area contributed by atoms with Crippen LogP contribution in [0.5, 0.6) is 5.75 Å². The zero-order valence-electron chi connectivity index (χ0n) is 15.7. The number of aryl methyl sites for hydroxylation is 2. The number of likely N-dealkylation sites (tertiary alicyclic amines) is 1. The number of nitrogens with zero attached hydrogens (tertiary/aromatic N) is 1. The quantitative estimate of drug-likeness (QED) is 0.895. The molecule has 2 atom stereocenters. The van der Waals surface area contributed by atoms with Crippen LogP contribution in [0.2, 0.25) is 0 Å². The first kappa shape index (κ1) is 18.0. The second-order valence-corrected chi connectivity index (χ2v) is 7.32. The lowest BCUT2D eigenvalue weighted by Crippen LogP contribution is -2.45. The summed E-state index contributed by atoms with van der Waals surface area (Å²) in [6.45, 7) is 10.1. The number of ether oxygens (including phenoxy) is 1. The van der Waals surface area contributed by atoms with E-state index in [0.717, 1.165) is 31.8 Å². The first-order valence-electron chi connectivity index (χ1n) is 9.32. The van der Waals surface area contributed by atoms with E-state index in [4.69, 9.17) is 10.5 Å². The molecule has 2 aromatic carbocycles. The van der Waals surface area contributed by atoms with Gasteiger partial charge in [-0.15, -0.1) is 0 Å². The van der Waals surface area contributed by atoms with Gasteiger partial charge in [0.05, 0.1) is 6.61 Å². The summed E-state index contributed by atoms with van der Waals surface area (Å²) in [6.07, 6.45) is 1.05. The summed E-state index contributed by atoms with van der Waals surface area (Å²) >= 11 is 0. The third-order valence-electron chi connectivity index (χ3n) is 5.11. The standard InChI is InChI=1S/C22H30N2O/c1-4-25-22-9-7-18(8-10-22)20-12-21(23)15-24(14-20)13-19-6-5-16(2)11-17(19)3/h5-11,20-21H,4,12-15,23H2,1-3H3. The molecule has 0 aromatic heterocycles. The van der Waals surface area contributed by atoms with Gasteiger partial charge in [-0.3, -0.25) is 4.90 Å². The lowest BCUT2D eigenvalue weighted by molar-refractivity contribution is 0.181. The molecule has 134 valence electrons. The van der Waals surface area contributed by atoms with Gasteiger partial charge >= 0.3 is 0 Å². The van der Waals surface area contributed by atoms with Gasteiger partial charge in [-0.1, -0.05) is 35.9 Å². The van der Waals surface area contributed by atoms with Gasteiger partial charge in [-0.2, -0.15) is 0 Å². The highest BCUT2D eigenvalue weighted by Crippen LogP contribution is 2.29. The van der Waals surface area contributed by atoms with Crippen molar-refractivity contribution in [2.24, 2.45) is 5.73 Å². The van der Waals surface area contributed by atoms with Gasteiger partial charge in [0.25, 0.3) is 0 Å². The van der Waals surface area contributed by atoms with Gasteiger partial charge in [-0.25, -0.2) is 0 Å². The fourth-order valence-corrected chi connectivity index (χ4v) is 3.87. The second kappa shape index (κ2) is 8.03. The first-order chi connectivity index (χ1) is 12.0. The van der Waals surface area contributed by atoms with Gasteiger partial charge in [0.1, 0.15) is 5.75 Å². The molecule has 0 aliphatic carbocycles. The summed E-state index contributed by atoms with van der Waals surface area (Å²) in [4.78, 5) is 2.51. The van der Waals surface area contributed by atoms with Crippen molar-refractivity contribution in [3.63, 3.8) is 0 Å². The van der Waals surface area contributed by atoms with Crippen LogP contribution in [0.1, 0.15) is 41.5 Å². The van der Waals surface area contributed by atoms with Gasteiger partial charge in [0.2, 0.25) is 0 Å². The molecule has 2 unspecified atom stereocenters. The monoisotopic (exact) mass is 338 g/mol. The van der Waals surface area contributed by atoms with Crippen LogP contribution in [0.3, 0.4) is 0 Å². The average Bonchev–Trinajstić information content (AvgIpc) is 2.58. The summed E-state index contributed by atoms with van der Waals surface area (Å²) in [7, 11) is 0. The number of benzene rings is 2. The van der Waals surface area contributed by atoms with Crippen LogP contribution in [0.25, 0.3) is 0 Å². The van der Waals surface area contributed by atoms with Crippen molar-refractivity contribution in [2.75, 3.05) is 19.7 Å². The Morgan fingerprint density at radius 1 is 1.08 bits per heavy atom. The fraction of sp³-hybridized carbons (Fsp3) is 0.455. The Bertz CT molecular complexity index is 696. The minimum atomic E-state index is 0.232. The number of piperidine rings is 1. The molecule has 0 radical (unpaired) electrons.